The fraction of sp³-hybridized carbons (Fsp3) is 0.0833. The van der Waals surface area contributed by atoms with E-state index < -0.39 is 6.16 Å². The van der Waals surface area contributed by atoms with Crippen molar-refractivity contribution in [1.29, 1.82) is 0 Å². The first-order valence-electron chi connectivity index (χ1n) is 10.1. The predicted molar refractivity (Wildman–Crippen MR) is 123 cm³/mol. The summed E-state index contributed by atoms with van der Waals surface area (Å²) in [5, 5.41) is 5.60. The third kappa shape index (κ3) is 5.34. The highest BCUT2D eigenvalue weighted by Crippen LogP contribution is 2.19. The number of benzene rings is 3. The maximum Gasteiger partial charge on any atom is 0.513 e. The molecule has 0 atom stereocenters. The number of nitrogens with one attached hydrogen (secondary N) is 3. The van der Waals surface area contributed by atoms with Gasteiger partial charge < -0.3 is 25.1 Å². The third-order valence-corrected chi connectivity index (χ3v) is 4.64. The van der Waals surface area contributed by atoms with Crippen LogP contribution in [0.15, 0.2) is 73.1 Å². The Kier molecular flexibility index (Phi) is 6.31. The number of fused-ring (bicyclic) bond motifs is 1. The zero-order valence-electron chi connectivity index (χ0n) is 17.6. The number of imidazole rings is 1. The minimum absolute atomic E-state index is 0.207. The molecule has 33 heavy (non-hydrogen) atoms. The van der Waals surface area contributed by atoms with Crippen LogP contribution in [0.2, 0.25) is 0 Å². The van der Waals surface area contributed by atoms with Crippen molar-refractivity contribution in [2.24, 2.45) is 0 Å². The van der Waals surface area contributed by atoms with E-state index in [1.165, 1.54) is 24.3 Å². The molecule has 1 aromatic heterocycles. The van der Waals surface area contributed by atoms with Gasteiger partial charge in [0.25, 0.3) is 11.8 Å². The van der Waals surface area contributed by atoms with Crippen LogP contribution in [-0.2, 0) is 4.74 Å². The molecular weight excluding hydrogens is 424 g/mol. The first-order valence-corrected chi connectivity index (χ1v) is 10.1. The van der Waals surface area contributed by atoms with Gasteiger partial charge in [-0.05, 0) is 67.6 Å². The van der Waals surface area contributed by atoms with E-state index in [-0.39, 0.29) is 24.2 Å². The van der Waals surface area contributed by atoms with Crippen LogP contribution in [0.4, 0.5) is 16.2 Å². The van der Waals surface area contributed by atoms with Crippen molar-refractivity contribution in [1.82, 2.24) is 9.97 Å². The van der Waals surface area contributed by atoms with Crippen molar-refractivity contribution in [3.8, 4) is 5.75 Å². The second-order valence-electron chi connectivity index (χ2n) is 6.93. The summed E-state index contributed by atoms with van der Waals surface area (Å²) in [7, 11) is 0. The maximum atomic E-state index is 12.6. The molecule has 0 aliphatic rings. The molecule has 0 bridgehead atoms. The summed E-state index contributed by atoms with van der Waals surface area (Å²) >= 11 is 0. The standard InChI is InChI=1S/C24H20N4O5/c1-2-32-24(31)33-19-9-6-15(7-10-19)22(29)27-17-4-3-5-18(13-17)28-23(30)16-8-11-20-21(12-16)26-14-25-20/h3-14H,2H2,1H3,(H,25,26)(H,27,29)(H,28,30). The molecule has 0 unspecified atom stereocenters. The van der Waals surface area contributed by atoms with E-state index in [2.05, 4.69) is 20.6 Å². The number of carbonyl (C=O) groups is 3. The molecule has 9 heteroatoms. The van der Waals surface area contributed by atoms with Crippen molar-refractivity contribution in [3.05, 3.63) is 84.2 Å². The second kappa shape index (κ2) is 9.65. The lowest BCUT2D eigenvalue weighted by Gasteiger charge is -2.10. The number of aromatic amines is 1. The third-order valence-electron chi connectivity index (χ3n) is 4.64. The number of nitrogens with zero attached hydrogens (tertiary/aromatic N) is 1. The Bertz CT molecular complexity index is 1310. The van der Waals surface area contributed by atoms with E-state index in [9.17, 15) is 14.4 Å². The number of H-pyrrole nitrogens is 1. The van der Waals surface area contributed by atoms with Crippen LogP contribution < -0.4 is 15.4 Å². The lowest BCUT2D eigenvalue weighted by Crippen LogP contribution is -2.14. The topological polar surface area (TPSA) is 122 Å². The number of hydrogen-bond acceptors (Lipinski definition) is 6. The van der Waals surface area contributed by atoms with Gasteiger partial charge in [0.2, 0.25) is 0 Å². The summed E-state index contributed by atoms with van der Waals surface area (Å²) in [6, 6.07) is 18.0. The summed E-state index contributed by atoms with van der Waals surface area (Å²) in [4.78, 5) is 43.6. The molecule has 0 aliphatic heterocycles. The van der Waals surface area contributed by atoms with Gasteiger partial charge in [0.05, 0.1) is 24.0 Å². The Hall–Kier alpha value is -4.66. The largest absolute Gasteiger partial charge is 0.513 e. The molecule has 0 saturated heterocycles. The zero-order valence-corrected chi connectivity index (χ0v) is 17.6. The number of anilines is 2. The molecule has 4 rings (SSSR count). The smallest absolute Gasteiger partial charge is 0.434 e. The second-order valence-corrected chi connectivity index (χ2v) is 6.93. The van der Waals surface area contributed by atoms with Gasteiger partial charge >= 0.3 is 6.16 Å². The highest BCUT2D eigenvalue weighted by molar-refractivity contribution is 6.07. The number of aromatic nitrogens is 2. The summed E-state index contributed by atoms with van der Waals surface area (Å²) in [6.45, 7) is 1.88. The Morgan fingerprint density at radius 2 is 1.55 bits per heavy atom. The van der Waals surface area contributed by atoms with Gasteiger partial charge in [-0.2, -0.15) is 0 Å². The van der Waals surface area contributed by atoms with Crippen LogP contribution in [-0.4, -0.2) is 34.5 Å². The highest BCUT2D eigenvalue weighted by atomic mass is 16.7. The average molecular weight is 444 g/mol. The zero-order chi connectivity index (χ0) is 23.2. The van der Waals surface area contributed by atoms with Crippen molar-refractivity contribution < 1.29 is 23.9 Å². The van der Waals surface area contributed by atoms with E-state index in [4.69, 9.17) is 9.47 Å². The molecule has 0 aliphatic carbocycles. The summed E-state index contributed by atoms with van der Waals surface area (Å²) in [5.41, 5.74) is 3.42. The fourth-order valence-corrected chi connectivity index (χ4v) is 3.08. The first-order chi connectivity index (χ1) is 16.0. The molecule has 1 heterocycles. The molecule has 0 saturated carbocycles. The van der Waals surface area contributed by atoms with Gasteiger partial charge in [0, 0.05) is 22.5 Å². The van der Waals surface area contributed by atoms with E-state index in [0.29, 0.717) is 22.5 Å². The summed E-state index contributed by atoms with van der Waals surface area (Å²) in [6.07, 6.45) is 0.762. The van der Waals surface area contributed by atoms with E-state index in [0.717, 1.165) is 11.0 Å². The molecule has 2 amide bonds. The number of ether oxygens (including phenoxy) is 2. The Labute approximate surface area is 188 Å². The molecule has 3 aromatic carbocycles. The minimum atomic E-state index is -0.807. The Balaban J connectivity index is 1.39. The number of amides is 2. The van der Waals surface area contributed by atoms with Crippen LogP contribution in [0, 0.1) is 0 Å². The number of hydrogen-bond donors (Lipinski definition) is 3. The molecular formula is C24H20N4O5. The van der Waals surface area contributed by atoms with Crippen molar-refractivity contribution in [3.63, 3.8) is 0 Å². The quantitative estimate of drug-likeness (QED) is 0.295. The SMILES string of the molecule is CCOC(=O)Oc1ccc(C(=O)Nc2cccc(NC(=O)c3ccc4nc[nH]c4c3)c2)cc1. The summed E-state index contributed by atoms with van der Waals surface area (Å²) < 4.78 is 9.69. The monoisotopic (exact) mass is 444 g/mol. The molecule has 0 fully saturated rings. The van der Waals surface area contributed by atoms with Crippen molar-refractivity contribution in [2.75, 3.05) is 17.2 Å². The van der Waals surface area contributed by atoms with Gasteiger partial charge in [-0.15, -0.1) is 0 Å². The van der Waals surface area contributed by atoms with Crippen LogP contribution in [0.5, 0.6) is 5.75 Å². The lowest BCUT2D eigenvalue weighted by atomic mass is 10.1. The van der Waals surface area contributed by atoms with Gasteiger partial charge in [0.1, 0.15) is 5.75 Å². The van der Waals surface area contributed by atoms with E-state index in [1.807, 2.05) is 0 Å². The number of rotatable bonds is 6. The van der Waals surface area contributed by atoms with Gasteiger partial charge in [-0.1, -0.05) is 6.07 Å². The van der Waals surface area contributed by atoms with Crippen LogP contribution in [0.3, 0.4) is 0 Å². The molecule has 4 aromatic rings. The van der Waals surface area contributed by atoms with Gasteiger partial charge in [-0.3, -0.25) is 9.59 Å². The lowest BCUT2D eigenvalue weighted by molar-refractivity contribution is 0.101. The average Bonchev–Trinajstić information content (AvgIpc) is 3.28. The van der Waals surface area contributed by atoms with Crippen LogP contribution >= 0.6 is 0 Å². The normalized spacial score (nSPS) is 10.5. The molecule has 3 N–H and O–H groups in total. The Morgan fingerprint density at radius 1 is 0.879 bits per heavy atom. The predicted octanol–water partition coefficient (Wildman–Crippen LogP) is 4.60. The van der Waals surface area contributed by atoms with Crippen LogP contribution in [0.1, 0.15) is 27.6 Å². The van der Waals surface area contributed by atoms with Crippen LogP contribution in [0.25, 0.3) is 11.0 Å². The Morgan fingerprint density at radius 3 is 2.24 bits per heavy atom. The minimum Gasteiger partial charge on any atom is -0.434 e. The van der Waals surface area contributed by atoms with Crippen molar-refractivity contribution >= 4 is 40.4 Å². The molecule has 0 radical (unpaired) electrons. The molecule has 9 nitrogen and oxygen atoms in total. The van der Waals surface area contributed by atoms with Crippen molar-refractivity contribution in [2.45, 2.75) is 6.92 Å². The fourth-order valence-electron chi connectivity index (χ4n) is 3.08. The maximum absolute atomic E-state index is 12.6. The summed E-state index contributed by atoms with van der Waals surface area (Å²) in [5.74, 6) is -0.374. The first kappa shape index (κ1) is 21.6. The van der Waals surface area contributed by atoms with Gasteiger partial charge in [0.15, 0.2) is 0 Å². The molecule has 0 spiro atoms. The van der Waals surface area contributed by atoms with E-state index in [1.54, 1.807) is 55.7 Å². The van der Waals surface area contributed by atoms with E-state index >= 15 is 0 Å². The van der Waals surface area contributed by atoms with Gasteiger partial charge in [-0.25, -0.2) is 9.78 Å². The molecule has 166 valence electrons. The highest BCUT2D eigenvalue weighted by Gasteiger charge is 2.11. The number of carbonyl (C=O) groups excluding carboxylic acids is 3.